The fourth-order valence-electron chi connectivity index (χ4n) is 5.10. The highest BCUT2D eigenvalue weighted by Gasteiger charge is 2.30. The molecule has 202 valence electrons. The fourth-order valence-corrected chi connectivity index (χ4v) is 21.2. The van der Waals surface area contributed by atoms with E-state index in [-0.39, 0.29) is 0 Å². The second-order valence-electron chi connectivity index (χ2n) is 13.3. The molecule has 2 N–H and O–H groups in total. The summed E-state index contributed by atoms with van der Waals surface area (Å²) in [5.74, 6) is 0.718. The van der Waals surface area contributed by atoms with Gasteiger partial charge in [0, 0.05) is 0 Å². The van der Waals surface area contributed by atoms with Gasteiger partial charge in [-0.2, -0.15) is 0 Å². The third-order valence-corrected chi connectivity index (χ3v) is 18.5. The highest BCUT2D eigenvalue weighted by atomic mass is 28.4. The number of rotatable bonds is 13. The predicted octanol–water partition coefficient (Wildman–Crippen LogP) is 8.74. The Labute approximate surface area is 224 Å². The summed E-state index contributed by atoms with van der Waals surface area (Å²) < 4.78 is 13.0. The molecule has 2 aromatic rings. The van der Waals surface area contributed by atoms with E-state index in [1.54, 1.807) is 12.1 Å². The lowest BCUT2D eigenvalue weighted by atomic mass is 9.97. The van der Waals surface area contributed by atoms with Gasteiger partial charge in [0.05, 0.1) is 0 Å². The van der Waals surface area contributed by atoms with Crippen LogP contribution in [0.4, 0.5) is 0 Å². The van der Waals surface area contributed by atoms with E-state index in [2.05, 4.69) is 77.6 Å². The molecule has 0 radical (unpaired) electrons. The van der Waals surface area contributed by atoms with Gasteiger partial charge in [0.15, 0.2) is 33.3 Å². The lowest BCUT2D eigenvalue weighted by molar-refractivity contribution is 0.466. The van der Waals surface area contributed by atoms with E-state index in [1.165, 1.54) is 0 Å². The van der Waals surface area contributed by atoms with Crippen LogP contribution in [0, 0.1) is 0 Å². The van der Waals surface area contributed by atoms with E-state index in [9.17, 15) is 10.2 Å². The van der Waals surface area contributed by atoms with Crippen LogP contribution in [0.5, 0.6) is 11.5 Å². The van der Waals surface area contributed by atoms with Gasteiger partial charge < -0.3 is 18.4 Å². The number of benzene rings is 2. The lowest BCUT2D eigenvalue weighted by Gasteiger charge is -2.31. The monoisotopic (exact) mass is 562 g/mol. The number of hydrogen-bond donors (Lipinski definition) is 2. The van der Waals surface area contributed by atoms with Crippen molar-refractivity contribution in [1.29, 1.82) is 0 Å². The van der Waals surface area contributed by atoms with Crippen molar-refractivity contribution < 1.29 is 18.4 Å². The predicted molar refractivity (Wildman–Crippen MR) is 165 cm³/mol. The van der Waals surface area contributed by atoms with Crippen LogP contribution in [0.1, 0.15) is 24.0 Å². The quantitative estimate of drug-likeness (QED) is 0.240. The molecule has 0 spiro atoms. The maximum absolute atomic E-state index is 10.5. The molecule has 0 fully saturated rings. The first-order valence-electron chi connectivity index (χ1n) is 13.4. The van der Waals surface area contributed by atoms with E-state index in [4.69, 9.17) is 8.23 Å². The summed E-state index contributed by atoms with van der Waals surface area (Å²) in [6.45, 7) is 22.8. The van der Waals surface area contributed by atoms with Gasteiger partial charge in [-0.15, -0.1) is 0 Å². The van der Waals surface area contributed by atoms with Gasteiger partial charge in [0.25, 0.3) is 0 Å². The SMILES string of the molecule is C[Si](C)(C)O[Si](C)(C)CCCc1cc(-c2ccc(O)c(CCC[Si](C)(C)O[Si](C)(C)C)c2)ccc1O. The molecule has 0 unspecified atom stereocenters. The summed E-state index contributed by atoms with van der Waals surface area (Å²) in [4.78, 5) is 0. The third kappa shape index (κ3) is 11.1. The van der Waals surface area contributed by atoms with Gasteiger partial charge >= 0.3 is 0 Å². The number of hydrogen-bond acceptors (Lipinski definition) is 4. The summed E-state index contributed by atoms with van der Waals surface area (Å²) in [6, 6.07) is 13.9. The molecule has 36 heavy (non-hydrogen) atoms. The lowest BCUT2D eigenvalue weighted by Crippen LogP contribution is -2.42. The summed E-state index contributed by atoms with van der Waals surface area (Å²) >= 11 is 0. The Morgan fingerprint density at radius 1 is 0.556 bits per heavy atom. The normalized spacial score (nSPS) is 13.3. The largest absolute Gasteiger partial charge is 0.508 e. The van der Waals surface area contributed by atoms with Crippen LogP contribution in [0.2, 0.25) is 77.6 Å². The van der Waals surface area contributed by atoms with Crippen LogP contribution >= 0.6 is 0 Å². The van der Waals surface area contributed by atoms with Crippen LogP contribution < -0.4 is 0 Å². The van der Waals surface area contributed by atoms with Gasteiger partial charge in [-0.05, 0) is 150 Å². The average molecular weight is 563 g/mol. The van der Waals surface area contributed by atoms with Crippen molar-refractivity contribution >= 4 is 33.3 Å². The zero-order valence-electron chi connectivity index (χ0n) is 24.4. The molecule has 0 heterocycles. The first kappa shape index (κ1) is 31.0. The number of aromatic hydroxyl groups is 2. The molecule has 0 saturated carbocycles. The minimum Gasteiger partial charge on any atom is -0.508 e. The standard InChI is InChI=1S/C28H50O4Si4/c1-33(2,3)31-35(7,8)19-11-13-25-21-23(15-17-27(25)29)24-16-18-28(30)26(22-24)14-12-20-36(9,10)32-34(4,5)6/h15-18,21-22,29-30H,11-14,19-20H2,1-10H3. The molecule has 0 aliphatic carbocycles. The summed E-state index contributed by atoms with van der Waals surface area (Å²) in [6.07, 6.45) is 3.71. The zero-order chi connectivity index (χ0) is 27.4. The second-order valence-corrected chi connectivity index (χ2v) is 31.5. The van der Waals surface area contributed by atoms with Crippen LogP contribution in [-0.2, 0) is 21.1 Å². The molecular weight excluding hydrogens is 513 g/mol. The molecule has 8 heteroatoms. The third-order valence-electron chi connectivity index (χ3n) is 6.11. The molecule has 0 aliphatic rings. The number of phenolic OH excluding ortho intramolecular Hbond substituents is 2. The van der Waals surface area contributed by atoms with Crippen molar-refractivity contribution in [2.45, 2.75) is 103 Å². The molecule has 0 aromatic heterocycles. The van der Waals surface area contributed by atoms with E-state index < -0.39 is 33.3 Å². The molecule has 2 aromatic carbocycles. The van der Waals surface area contributed by atoms with Gasteiger partial charge in [-0.1, -0.05) is 12.1 Å². The fraction of sp³-hybridized carbons (Fsp3) is 0.571. The summed E-state index contributed by atoms with van der Waals surface area (Å²) in [5, 5.41) is 21.0. The van der Waals surface area contributed by atoms with E-state index in [1.807, 2.05) is 12.1 Å². The minimum absolute atomic E-state index is 0.359. The van der Waals surface area contributed by atoms with Crippen LogP contribution in [0.3, 0.4) is 0 Å². The van der Waals surface area contributed by atoms with Crippen molar-refractivity contribution in [3.63, 3.8) is 0 Å². The first-order valence-corrected chi connectivity index (χ1v) is 26.5. The number of aryl methyl sites for hydroxylation is 2. The Hall–Kier alpha value is -1.17. The average Bonchev–Trinajstić information content (AvgIpc) is 2.67. The highest BCUT2D eigenvalue weighted by Crippen LogP contribution is 2.32. The van der Waals surface area contributed by atoms with Crippen molar-refractivity contribution in [3.05, 3.63) is 47.5 Å². The number of phenols is 2. The Morgan fingerprint density at radius 2 is 0.889 bits per heavy atom. The summed E-state index contributed by atoms with van der Waals surface area (Å²) in [5.41, 5.74) is 4.12. The smallest absolute Gasteiger partial charge is 0.173 e. The highest BCUT2D eigenvalue weighted by molar-refractivity contribution is 6.84. The van der Waals surface area contributed by atoms with E-state index in [0.29, 0.717) is 11.5 Å². The molecule has 0 atom stereocenters. The molecule has 2 rings (SSSR count). The van der Waals surface area contributed by atoms with Crippen molar-refractivity contribution in [2.75, 3.05) is 0 Å². The van der Waals surface area contributed by atoms with Crippen molar-refractivity contribution in [1.82, 2.24) is 0 Å². The molecule has 4 nitrogen and oxygen atoms in total. The maximum atomic E-state index is 10.5. The molecule has 0 aliphatic heterocycles. The van der Waals surface area contributed by atoms with Crippen LogP contribution in [0.25, 0.3) is 11.1 Å². The van der Waals surface area contributed by atoms with Gasteiger partial charge in [0.2, 0.25) is 0 Å². The van der Waals surface area contributed by atoms with Crippen LogP contribution in [0.15, 0.2) is 36.4 Å². The van der Waals surface area contributed by atoms with E-state index >= 15 is 0 Å². The Morgan fingerprint density at radius 3 is 1.19 bits per heavy atom. The Bertz CT molecular complexity index is 926. The zero-order valence-corrected chi connectivity index (χ0v) is 28.4. The first-order chi connectivity index (χ1) is 16.4. The van der Waals surface area contributed by atoms with Crippen molar-refractivity contribution in [3.8, 4) is 22.6 Å². The topological polar surface area (TPSA) is 58.9 Å². The second kappa shape index (κ2) is 12.1. The van der Waals surface area contributed by atoms with Gasteiger partial charge in [-0.25, -0.2) is 0 Å². The molecular formula is C28H50O4Si4. The van der Waals surface area contributed by atoms with Crippen molar-refractivity contribution in [2.24, 2.45) is 0 Å². The van der Waals surface area contributed by atoms with Crippen LogP contribution in [-0.4, -0.2) is 43.5 Å². The Kier molecular flexibility index (Phi) is 10.5. The molecule has 0 bridgehead atoms. The molecule has 0 saturated heterocycles. The molecule has 0 amide bonds. The van der Waals surface area contributed by atoms with Gasteiger partial charge in [-0.3, -0.25) is 0 Å². The van der Waals surface area contributed by atoms with E-state index in [0.717, 1.165) is 60.0 Å². The Balaban J connectivity index is 2.08. The minimum atomic E-state index is -1.69. The summed E-state index contributed by atoms with van der Waals surface area (Å²) in [7, 11) is -6.46. The maximum Gasteiger partial charge on any atom is 0.173 e. The van der Waals surface area contributed by atoms with Gasteiger partial charge in [0.1, 0.15) is 11.5 Å².